The van der Waals surface area contributed by atoms with Crippen LogP contribution in [0.2, 0.25) is 0 Å². The van der Waals surface area contributed by atoms with Gasteiger partial charge in [0.25, 0.3) is 0 Å². The topological polar surface area (TPSA) is 29.5 Å². The van der Waals surface area contributed by atoms with Gasteiger partial charge in [-0.1, -0.05) is 49.4 Å². The summed E-state index contributed by atoms with van der Waals surface area (Å²) in [6.45, 7) is 1.99. The van der Waals surface area contributed by atoms with Crippen LogP contribution in [0.25, 0.3) is 0 Å². The van der Waals surface area contributed by atoms with Crippen molar-refractivity contribution in [3.63, 3.8) is 0 Å². The van der Waals surface area contributed by atoms with Crippen LogP contribution in [0, 0.1) is 11.7 Å². The minimum Gasteiger partial charge on any atom is -0.393 e. The van der Waals surface area contributed by atoms with Crippen molar-refractivity contribution in [1.82, 2.24) is 0 Å². The second-order valence-corrected chi connectivity index (χ2v) is 6.42. The molecule has 0 spiro atoms. The fourth-order valence-corrected chi connectivity index (χ4v) is 3.27. The maximum absolute atomic E-state index is 13.1. The SMILES string of the molecule is C[C@H]1[C@H](O)C[C@H](CCc2ccccc2)O[C@@H]1c1ccc(F)cc1. The van der Waals surface area contributed by atoms with Crippen LogP contribution in [0.5, 0.6) is 0 Å². The molecule has 0 unspecified atom stereocenters. The lowest BCUT2D eigenvalue weighted by atomic mass is 9.85. The molecule has 0 amide bonds. The summed E-state index contributed by atoms with van der Waals surface area (Å²) < 4.78 is 19.4. The fraction of sp³-hybridized carbons (Fsp3) is 0.400. The number of benzene rings is 2. The first-order valence-corrected chi connectivity index (χ1v) is 8.26. The van der Waals surface area contributed by atoms with Gasteiger partial charge in [0.15, 0.2) is 0 Å². The molecule has 1 heterocycles. The summed E-state index contributed by atoms with van der Waals surface area (Å²) in [6, 6.07) is 16.7. The quantitative estimate of drug-likeness (QED) is 0.912. The molecule has 2 nitrogen and oxygen atoms in total. The van der Waals surface area contributed by atoms with Crippen molar-refractivity contribution in [2.45, 2.75) is 44.5 Å². The molecule has 1 N–H and O–H groups in total. The Hall–Kier alpha value is -1.71. The Morgan fingerprint density at radius 3 is 2.48 bits per heavy atom. The lowest BCUT2D eigenvalue weighted by molar-refractivity contribution is -0.135. The van der Waals surface area contributed by atoms with Gasteiger partial charge >= 0.3 is 0 Å². The van der Waals surface area contributed by atoms with Crippen molar-refractivity contribution in [2.75, 3.05) is 0 Å². The van der Waals surface area contributed by atoms with Gasteiger partial charge in [-0.25, -0.2) is 4.39 Å². The number of rotatable bonds is 4. The van der Waals surface area contributed by atoms with Crippen LogP contribution in [0.3, 0.4) is 0 Å². The Balaban J connectivity index is 1.67. The standard InChI is InChI=1S/C20H23FO2/c1-14-19(22)13-18(12-7-15-5-3-2-4-6-15)23-20(14)16-8-10-17(21)11-9-16/h2-6,8-11,14,18-20,22H,7,12-13H2,1H3/t14-,18-,19+,20-/m0/s1. The van der Waals surface area contributed by atoms with Gasteiger partial charge in [0.2, 0.25) is 0 Å². The highest BCUT2D eigenvalue weighted by Crippen LogP contribution is 2.37. The van der Waals surface area contributed by atoms with E-state index in [4.69, 9.17) is 4.74 Å². The summed E-state index contributed by atoms with van der Waals surface area (Å²) in [5.74, 6) is -0.244. The molecule has 23 heavy (non-hydrogen) atoms. The summed E-state index contributed by atoms with van der Waals surface area (Å²) >= 11 is 0. The number of halogens is 1. The van der Waals surface area contributed by atoms with Crippen LogP contribution in [-0.2, 0) is 11.2 Å². The molecule has 0 radical (unpaired) electrons. The van der Waals surface area contributed by atoms with Gasteiger partial charge in [0, 0.05) is 5.92 Å². The predicted octanol–water partition coefficient (Wildman–Crippen LogP) is 4.29. The second-order valence-electron chi connectivity index (χ2n) is 6.42. The highest BCUT2D eigenvalue weighted by atomic mass is 19.1. The van der Waals surface area contributed by atoms with Crippen LogP contribution < -0.4 is 0 Å². The summed E-state index contributed by atoms with van der Waals surface area (Å²) in [5.41, 5.74) is 2.21. The molecule has 1 aliphatic heterocycles. The number of hydrogen-bond donors (Lipinski definition) is 1. The van der Waals surface area contributed by atoms with Gasteiger partial charge in [-0.05, 0) is 42.5 Å². The Labute approximate surface area is 136 Å². The Morgan fingerprint density at radius 1 is 1.09 bits per heavy atom. The van der Waals surface area contributed by atoms with Gasteiger partial charge in [0.1, 0.15) is 5.82 Å². The van der Waals surface area contributed by atoms with Crippen molar-refractivity contribution >= 4 is 0 Å². The molecule has 3 rings (SSSR count). The molecule has 3 heteroatoms. The van der Waals surface area contributed by atoms with Crippen LogP contribution in [0.4, 0.5) is 4.39 Å². The van der Waals surface area contributed by atoms with Gasteiger partial charge in [-0.3, -0.25) is 0 Å². The molecule has 0 saturated carbocycles. The molecule has 1 saturated heterocycles. The first kappa shape index (κ1) is 16.2. The summed E-state index contributed by atoms with van der Waals surface area (Å²) in [6.07, 6.45) is 1.93. The van der Waals surface area contributed by atoms with Crippen LogP contribution in [0.15, 0.2) is 54.6 Å². The average molecular weight is 314 g/mol. The fourth-order valence-electron chi connectivity index (χ4n) is 3.27. The summed E-state index contributed by atoms with van der Waals surface area (Å²) in [7, 11) is 0. The number of aliphatic hydroxyl groups excluding tert-OH is 1. The van der Waals surface area contributed by atoms with Gasteiger partial charge < -0.3 is 9.84 Å². The Kier molecular flexibility index (Phi) is 5.09. The number of aryl methyl sites for hydroxylation is 1. The van der Waals surface area contributed by atoms with E-state index in [-0.39, 0.29) is 30.0 Å². The van der Waals surface area contributed by atoms with E-state index in [1.165, 1.54) is 17.7 Å². The first-order valence-electron chi connectivity index (χ1n) is 8.26. The zero-order valence-electron chi connectivity index (χ0n) is 13.4. The zero-order valence-corrected chi connectivity index (χ0v) is 13.4. The van der Waals surface area contributed by atoms with Crippen molar-refractivity contribution in [1.29, 1.82) is 0 Å². The van der Waals surface area contributed by atoms with Crippen molar-refractivity contribution in [2.24, 2.45) is 5.92 Å². The maximum Gasteiger partial charge on any atom is 0.123 e. The molecule has 122 valence electrons. The zero-order chi connectivity index (χ0) is 16.2. The molecular weight excluding hydrogens is 291 g/mol. The van der Waals surface area contributed by atoms with E-state index < -0.39 is 0 Å². The van der Waals surface area contributed by atoms with Crippen molar-refractivity contribution in [3.05, 3.63) is 71.5 Å². The van der Waals surface area contributed by atoms with E-state index in [1.54, 1.807) is 12.1 Å². The smallest absolute Gasteiger partial charge is 0.123 e. The molecule has 2 aromatic carbocycles. The number of ether oxygens (including phenoxy) is 1. The predicted molar refractivity (Wildman–Crippen MR) is 88.6 cm³/mol. The Morgan fingerprint density at radius 2 is 1.78 bits per heavy atom. The van der Waals surface area contributed by atoms with E-state index in [0.29, 0.717) is 6.42 Å². The van der Waals surface area contributed by atoms with Gasteiger partial charge in [-0.15, -0.1) is 0 Å². The molecule has 1 fully saturated rings. The minimum atomic E-state index is -0.389. The largest absolute Gasteiger partial charge is 0.393 e. The third-order valence-electron chi connectivity index (χ3n) is 4.72. The first-order chi connectivity index (χ1) is 11.1. The number of hydrogen-bond acceptors (Lipinski definition) is 2. The van der Waals surface area contributed by atoms with Crippen LogP contribution >= 0.6 is 0 Å². The van der Waals surface area contributed by atoms with Crippen molar-refractivity contribution in [3.8, 4) is 0 Å². The molecular formula is C20H23FO2. The van der Waals surface area contributed by atoms with Crippen LogP contribution in [-0.4, -0.2) is 17.3 Å². The molecule has 4 atom stereocenters. The second kappa shape index (κ2) is 7.24. The summed E-state index contributed by atoms with van der Waals surface area (Å²) in [4.78, 5) is 0. The molecule has 0 aromatic heterocycles. The van der Waals surface area contributed by atoms with Gasteiger partial charge in [0.05, 0.1) is 18.3 Å². The van der Waals surface area contributed by atoms with E-state index in [9.17, 15) is 9.50 Å². The molecule has 1 aliphatic rings. The monoisotopic (exact) mass is 314 g/mol. The highest BCUT2D eigenvalue weighted by molar-refractivity contribution is 5.20. The highest BCUT2D eigenvalue weighted by Gasteiger charge is 2.35. The Bertz CT molecular complexity index is 611. The third kappa shape index (κ3) is 3.98. The molecule has 0 aliphatic carbocycles. The van der Waals surface area contributed by atoms with E-state index >= 15 is 0 Å². The van der Waals surface area contributed by atoms with E-state index in [0.717, 1.165) is 18.4 Å². The lowest BCUT2D eigenvalue weighted by Crippen LogP contribution is -2.38. The van der Waals surface area contributed by atoms with Crippen molar-refractivity contribution < 1.29 is 14.2 Å². The molecule has 0 bridgehead atoms. The van der Waals surface area contributed by atoms with Gasteiger partial charge in [-0.2, -0.15) is 0 Å². The number of aliphatic hydroxyl groups is 1. The maximum atomic E-state index is 13.1. The minimum absolute atomic E-state index is 0.00781. The summed E-state index contributed by atoms with van der Waals surface area (Å²) in [5, 5.41) is 10.4. The van der Waals surface area contributed by atoms with E-state index in [1.807, 2.05) is 25.1 Å². The third-order valence-corrected chi connectivity index (χ3v) is 4.72. The normalized spacial score (nSPS) is 27.8. The molecule has 2 aromatic rings. The average Bonchev–Trinajstić information content (AvgIpc) is 2.57. The van der Waals surface area contributed by atoms with E-state index in [2.05, 4.69) is 12.1 Å². The van der Waals surface area contributed by atoms with Crippen LogP contribution in [0.1, 0.15) is 37.0 Å². The lowest BCUT2D eigenvalue weighted by Gasteiger charge is -2.38.